The zero-order valence-corrected chi connectivity index (χ0v) is 7.18. The number of hydrogen-bond acceptors (Lipinski definition) is 1. The second-order valence-electron chi connectivity index (χ2n) is 2.03. The Kier molecular flexibility index (Phi) is 2.61. The molecule has 0 saturated heterocycles. The van der Waals surface area contributed by atoms with E-state index in [1.807, 2.05) is 6.07 Å². The molecule has 0 heterocycles. The molecule has 3 heteroatoms. The van der Waals surface area contributed by atoms with Gasteiger partial charge < -0.3 is 0 Å². The van der Waals surface area contributed by atoms with E-state index in [2.05, 4.69) is 15.9 Å². The monoisotopic (exact) mass is 213 g/mol. The molecule has 56 valence electrons. The number of rotatable bonds is 1. The fraction of sp³-hybridized carbons (Fsp3) is 0.125. The Morgan fingerprint density at radius 1 is 1.36 bits per heavy atom. The van der Waals surface area contributed by atoms with Gasteiger partial charge in [-0.3, -0.25) is 0 Å². The van der Waals surface area contributed by atoms with Gasteiger partial charge in [0.05, 0.1) is 11.6 Å². The highest BCUT2D eigenvalue weighted by molar-refractivity contribution is 9.09. The van der Waals surface area contributed by atoms with Crippen molar-refractivity contribution in [3.63, 3.8) is 0 Å². The van der Waals surface area contributed by atoms with Crippen LogP contribution in [0, 0.1) is 11.3 Å². The molecule has 0 fully saturated rings. The summed E-state index contributed by atoms with van der Waals surface area (Å²) in [5.41, 5.74) is 1.07. The van der Waals surface area contributed by atoms with Gasteiger partial charge in [0.25, 0.3) is 0 Å². The van der Waals surface area contributed by atoms with Crippen LogP contribution in [0.5, 0.6) is 0 Å². The summed E-state index contributed by atoms with van der Waals surface area (Å²) in [7, 11) is 0. The lowest BCUT2D eigenvalue weighted by Crippen LogP contribution is -1.81. The number of nitriles is 1. The molecule has 0 spiro atoms. The maximum atomic E-state index is 12.5. The van der Waals surface area contributed by atoms with Gasteiger partial charge in [-0.05, 0) is 33.6 Å². The number of halogens is 2. The Morgan fingerprint density at radius 3 is 2.27 bits per heavy atom. The van der Waals surface area contributed by atoms with Crippen molar-refractivity contribution in [3.05, 3.63) is 35.4 Å². The summed E-state index contributed by atoms with van der Waals surface area (Å²) in [5, 5.41) is 7.27. The van der Waals surface area contributed by atoms with Crippen LogP contribution in [0.25, 0.3) is 0 Å². The van der Waals surface area contributed by atoms with Gasteiger partial charge in [0.2, 0.25) is 0 Å². The predicted octanol–water partition coefficient (Wildman–Crippen LogP) is 2.92. The van der Waals surface area contributed by atoms with Gasteiger partial charge in [-0.1, -0.05) is 12.1 Å². The van der Waals surface area contributed by atoms with Crippen molar-refractivity contribution in [2.75, 3.05) is 0 Å². The van der Waals surface area contributed by atoms with Crippen molar-refractivity contribution in [2.24, 2.45) is 0 Å². The summed E-state index contributed by atoms with van der Waals surface area (Å²) in [6, 6.07) is 8.29. The van der Waals surface area contributed by atoms with Crippen LogP contribution in [-0.4, -0.2) is 0 Å². The topological polar surface area (TPSA) is 23.8 Å². The smallest absolute Gasteiger partial charge is 0.180 e. The minimum Gasteiger partial charge on any atom is -0.230 e. The number of hydrogen-bond donors (Lipinski definition) is 0. The Labute approximate surface area is 72.6 Å². The number of nitrogens with zero attached hydrogens (tertiary/aromatic N) is 1. The molecule has 1 rings (SSSR count). The molecule has 0 amide bonds. The lowest BCUT2D eigenvalue weighted by Gasteiger charge is -1.98. The number of benzene rings is 1. The molecule has 0 bridgehead atoms. The van der Waals surface area contributed by atoms with Gasteiger partial charge in [0.1, 0.15) is 0 Å². The third kappa shape index (κ3) is 2.02. The lowest BCUT2D eigenvalue weighted by atomic mass is 10.2. The first-order valence-corrected chi connectivity index (χ1v) is 3.94. The first kappa shape index (κ1) is 8.22. The van der Waals surface area contributed by atoms with Crippen LogP contribution >= 0.6 is 15.9 Å². The van der Waals surface area contributed by atoms with Gasteiger partial charge in [-0.2, -0.15) is 5.26 Å². The highest BCUT2D eigenvalue weighted by Crippen LogP contribution is 2.23. The quantitative estimate of drug-likeness (QED) is 0.659. The summed E-state index contributed by atoms with van der Waals surface area (Å²) in [6.45, 7) is 0. The minimum absolute atomic E-state index is 0.531. The minimum atomic E-state index is -1.14. The van der Waals surface area contributed by atoms with E-state index in [-0.39, 0.29) is 0 Å². The zero-order chi connectivity index (χ0) is 8.27. The van der Waals surface area contributed by atoms with Gasteiger partial charge in [0, 0.05) is 0 Å². The lowest BCUT2D eigenvalue weighted by molar-refractivity contribution is 0.479. The molecular weight excluding hydrogens is 209 g/mol. The van der Waals surface area contributed by atoms with Crippen molar-refractivity contribution < 1.29 is 4.39 Å². The van der Waals surface area contributed by atoms with Crippen molar-refractivity contribution in [3.8, 4) is 6.07 Å². The van der Waals surface area contributed by atoms with Gasteiger partial charge in [-0.25, -0.2) is 4.39 Å². The molecule has 1 aromatic rings. The highest BCUT2D eigenvalue weighted by Gasteiger charge is 2.02. The molecule has 1 nitrogen and oxygen atoms in total. The van der Waals surface area contributed by atoms with Crippen LogP contribution in [0.3, 0.4) is 0 Å². The van der Waals surface area contributed by atoms with Crippen LogP contribution < -0.4 is 0 Å². The summed E-state index contributed by atoms with van der Waals surface area (Å²) >= 11 is 2.78. The summed E-state index contributed by atoms with van der Waals surface area (Å²) in [4.78, 5) is 0. The van der Waals surface area contributed by atoms with Crippen LogP contribution in [0.1, 0.15) is 16.2 Å². The van der Waals surface area contributed by atoms with E-state index in [0.29, 0.717) is 11.1 Å². The van der Waals surface area contributed by atoms with E-state index in [9.17, 15) is 4.39 Å². The van der Waals surface area contributed by atoms with Gasteiger partial charge in [-0.15, -0.1) is 0 Å². The first-order valence-electron chi connectivity index (χ1n) is 3.02. The summed E-state index contributed by atoms with van der Waals surface area (Å²) in [5.74, 6) is 0. The maximum Gasteiger partial charge on any atom is 0.180 e. The molecule has 0 aliphatic carbocycles. The highest BCUT2D eigenvalue weighted by atomic mass is 79.9. The summed E-state index contributed by atoms with van der Waals surface area (Å²) in [6.07, 6.45) is 0. The maximum absolute atomic E-state index is 12.5. The Balaban J connectivity index is 2.94. The van der Waals surface area contributed by atoms with E-state index < -0.39 is 5.08 Å². The molecule has 1 unspecified atom stereocenters. The molecule has 0 aliphatic rings. The van der Waals surface area contributed by atoms with Crippen LogP contribution in [0.2, 0.25) is 0 Å². The van der Waals surface area contributed by atoms with Crippen LogP contribution in [-0.2, 0) is 0 Å². The zero-order valence-electron chi connectivity index (χ0n) is 5.59. The van der Waals surface area contributed by atoms with Crippen LogP contribution in [0.15, 0.2) is 24.3 Å². The van der Waals surface area contributed by atoms with Crippen molar-refractivity contribution >= 4 is 15.9 Å². The molecule has 1 atom stereocenters. The molecule has 0 saturated carbocycles. The van der Waals surface area contributed by atoms with Crippen LogP contribution in [0.4, 0.5) is 4.39 Å². The van der Waals surface area contributed by atoms with E-state index in [4.69, 9.17) is 5.26 Å². The molecule has 0 radical (unpaired) electrons. The Hall–Kier alpha value is -0.880. The van der Waals surface area contributed by atoms with Gasteiger partial charge in [0.15, 0.2) is 5.08 Å². The molecular formula is C8H5BrFN. The second kappa shape index (κ2) is 3.49. The van der Waals surface area contributed by atoms with E-state index >= 15 is 0 Å². The fourth-order valence-corrected chi connectivity index (χ4v) is 1.01. The molecule has 0 N–H and O–H groups in total. The van der Waals surface area contributed by atoms with E-state index in [1.54, 1.807) is 24.3 Å². The summed E-state index contributed by atoms with van der Waals surface area (Å²) < 4.78 is 12.5. The SMILES string of the molecule is N#Cc1ccc(C(F)Br)cc1. The molecule has 0 aliphatic heterocycles. The standard InChI is InChI=1S/C8H5BrFN/c9-8(10)7-3-1-6(5-11)2-4-7/h1-4,8H. The Bertz CT molecular complexity index is 273. The predicted molar refractivity (Wildman–Crippen MR) is 43.9 cm³/mol. The third-order valence-electron chi connectivity index (χ3n) is 1.29. The van der Waals surface area contributed by atoms with Crippen molar-refractivity contribution in [2.45, 2.75) is 5.08 Å². The largest absolute Gasteiger partial charge is 0.230 e. The molecule has 0 aromatic heterocycles. The average molecular weight is 214 g/mol. The van der Waals surface area contributed by atoms with E-state index in [0.717, 1.165) is 0 Å². The van der Waals surface area contributed by atoms with Gasteiger partial charge >= 0.3 is 0 Å². The normalized spacial score (nSPS) is 12.1. The number of alkyl halides is 2. The van der Waals surface area contributed by atoms with Crippen molar-refractivity contribution in [1.29, 1.82) is 5.26 Å². The Morgan fingerprint density at radius 2 is 1.91 bits per heavy atom. The van der Waals surface area contributed by atoms with E-state index in [1.165, 1.54) is 0 Å². The third-order valence-corrected chi connectivity index (χ3v) is 1.82. The van der Waals surface area contributed by atoms with Crippen molar-refractivity contribution in [1.82, 2.24) is 0 Å². The average Bonchev–Trinajstić information content (AvgIpc) is 2.05. The molecule has 11 heavy (non-hydrogen) atoms. The molecule has 1 aromatic carbocycles. The second-order valence-corrected chi connectivity index (χ2v) is 2.84. The fourth-order valence-electron chi connectivity index (χ4n) is 0.703. The first-order chi connectivity index (χ1) is 5.24.